The Kier molecular flexibility index (Phi) is 3.26. The molecule has 0 bridgehead atoms. The van der Waals surface area contributed by atoms with Gasteiger partial charge in [-0.3, -0.25) is 19.8 Å². The highest BCUT2D eigenvalue weighted by molar-refractivity contribution is 7.95. The minimum absolute atomic E-state index is 0.139. The minimum Gasteiger partial charge on any atom is -0.611 e. The van der Waals surface area contributed by atoms with E-state index in [0.717, 1.165) is 4.90 Å². The molecule has 2 unspecified atom stereocenters. The van der Waals surface area contributed by atoms with Crippen molar-refractivity contribution in [1.29, 1.82) is 0 Å². The van der Waals surface area contributed by atoms with E-state index in [-0.39, 0.29) is 41.1 Å². The highest BCUT2D eigenvalue weighted by Gasteiger charge is 2.51. The van der Waals surface area contributed by atoms with Crippen LogP contribution in [0.15, 0.2) is 10.6 Å². The molecule has 1 amide bonds. The number of carboxylic acid groups (broad SMARTS) is 1. The average molecular weight is 274 g/mol. The summed E-state index contributed by atoms with van der Waals surface area (Å²) in [4.78, 5) is 33.2. The van der Waals surface area contributed by atoms with Gasteiger partial charge in [0.15, 0.2) is 16.4 Å². The van der Waals surface area contributed by atoms with Crippen LogP contribution >= 0.6 is 0 Å². The van der Waals surface area contributed by atoms with Gasteiger partial charge in [0.25, 0.3) is 0 Å². The van der Waals surface area contributed by atoms with Crippen molar-refractivity contribution in [3.05, 3.63) is 20.7 Å². The standard InChI is InChI=1S/C9H10N2O6S/c12-7-4-5-3-6(8(9(13)14)11(5)7)18(17)2-1-10(15)16/h5H,1-4H2,(H,13,14). The fourth-order valence-electron chi connectivity index (χ4n) is 2.10. The largest absolute Gasteiger partial charge is 0.611 e. The number of hydrogen-bond donors (Lipinski definition) is 1. The van der Waals surface area contributed by atoms with E-state index in [2.05, 4.69) is 0 Å². The lowest BCUT2D eigenvalue weighted by atomic mass is 10.0. The first-order chi connectivity index (χ1) is 8.41. The average Bonchev–Trinajstić information content (AvgIpc) is 2.59. The smallest absolute Gasteiger partial charge is 0.357 e. The number of carbonyl (C=O) groups is 2. The molecule has 8 nitrogen and oxygen atoms in total. The van der Waals surface area contributed by atoms with Gasteiger partial charge in [0.2, 0.25) is 12.5 Å². The molecule has 2 aliphatic heterocycles. The number of hydrogen-bond acceptors (Lipinski definition) is 5. The first kappa shape index (κ1) is 12.8. The van der Waals surface area contributed by atoms with Gasteiger partial charge in [0.05, 0.1) is 6.04 Å². The van der Waals surface area contributed by atoms with Crippen LogP contribution < -0.4 is 0 Å². The third-order valence-electron chi connectivity index (χ3n) is 2.91. The van der Waals surface area contributed by atoms with Crippen LogP contribution in [0.1, 0.15) is 12.8 Å². The van der Waals surface area contributed by atoms with Crippen LogP contribution in [0.3, 0.4) is 0 Å². The molecule has 1 fully saturated rings. The summed E-state index contributed by atoms with van der Waals surface area (Å²) in [6.45, 7) is -0.485. The Hall–Kier alpha value is -1.61. The quantitative estimate of drug-likeness (QED) is 0.306. The Balaban J connectivity index is 2.18. The highest BCUT2D eigenvalue weighted by atomic mass is 32.2. The summed E-state index contributed by atoms with van der Waals surface area (Å²) in [6, 6.07) is -0.238. The molecule has 0 spiro atoms. The molecule has 0 aliphatic carbocycles. The Morgan fingerprint density at radius 1 is 1.56 bits per heavy atom. The first-order valence-electron chi connectivity index (χ1n) is 5.20. The van der Waals surface area contributed by atoms with Crippen LogP contribution in [0.25, 0.3) is 0 Å². The maximum atomic E-state index is 11.8. The summed E-state index contributed by atoms with van der Waals surface area (Å²) in [7, 11) is 0. The van der Waals surface area contributed by atoms with Gasteiger partial charge in [-0.15, -0.1) is 0 Å². The molecule has 1 saturated heterocycles. The molecule has 1 N–H and O–H groups in total. The van der Waals surface area contributed by atoms with Crippen molar-refractivity contribution in [3.8, 4) is 0 Å². The Bertz CT molecular complexity index is 462. The summed E-state index contributed by atoms with van der Waals surface area (Å²) in [5.74, 6) is -1.85. The van der Waals surface area contributed by atoms with E-state index in [4.69, 9.17) is 5.11 Å². The molecule has 2 aliphatic rings. The van der Waals surface area contributed by atoms with E-state index in [1.165, 1.54) is 0 Å². The molecule has 0 aromatic carbocycles. The van der Waals surface area contributed by atoms with Crippen molar-refractivity contribution < 1.29 is 24.2 Å². The van der Waals surface area contributed by atoms with Gasteiger partial charge in [-0.05, 0) is 11.2 Å². The molecule has 0 aromatic heterocycles. The van der Waals surface area contributed by atoms with Gasteiger partial charge in [0, 0.05) is 17.8 Å². The van der Waals surface area contributed by atoms with Gasteiger partial charge in [-0.1, -0.05) is 0 Å². The third kappa shape index (κ3) is 2.06. The molecular formula is C9H10N2O6S. The van der Waals surface area contributed by atoms with Crippen LogP contribution in [0.2, 0.25) is 0 Å². The lowest BCUT2D eigenvalue weighted by molar-refractivity contribution is -0.474. The zero-order valence-electron chi connectivity index (χ0n) is 9.20. The lowest BCUT2D eigenvalue weighted by Crippen LogP contribution is -2.49. The normalized spacial score (nSPS) is 23.7. The number of rotatable bonds is 5. The van der Waals surface area contributed by atoms with Gasteiger partial charge < -0.3 is 9.66 Å². The predicted molar refractivity (Wildman–Crippen MR) is 59.4 cm³/mol. The Morgan fingerprint density at radius 3 is 2.72 bits per heavy atom. The molecule has 0 saturated carbocycles. The second-order valence-electron chi connectivity index (χ2n) is 4.01. The van der Waals surface area contributed by atoms with E-state index in [0.29, 0.717) is 0 Å². The van der Waals surface area contributed by atoms with Gasteiger partial charge in [0.1, 0.15) is 0 Å². The summed E-state index contributed by atoms with van der Waals surface area (Å²) >= 11 is -1.72. The van der Waals surface area contributed by atoms with Crippen LogP contribution in [0.5, 0.6) is 0 Å². The molecule has 2 heterocycles. The molecule has 2 rings (SSSR count). The second-order valence-corrected chi connectivity index (χ2v) is 5.60. The highest BCUT2D eigenvalue weighted by Crippen LogP contribution is 2.40. The molecule has 18 heavy (non-hydrogen) atoms. The second kappa shape index (κ2) is 4.58. The topological polar surface area (TPSA) is 124 Å². The fraction of sp³-hybridized carbons (Fsp3) is 0.556. The molecule has 2 atom stereocenters. The van der Waals surface area contributed by atoms with E-state index in [1.807, 2.05) is 0 Å². The number of β-lactam (4-membered cyclic amide) rings is 1. The van der Waals surface area contributed by atoms with Crippen LogP contribution in [-0.2, 0) is 20.8 Å². The van der Waals surface area contributed by atoms with E-state index >= 15 is 0 Å². The zero-order valence-corrected chi connectivity index (χ0v) is 10.0. The number of fused-ring (bicyclic) bond motifs is 1. The minimum atomic E-state index is -1.72. The maximum absolute atomic E-state index is 11.8. The van der Waals surface area contributed by atoms with Crippen molar-refractivity contribution >= 4 is 23.1 Å². The SMILES string of the molecule is O=C(O)C1=C([S+]([O-])CC[N+](=O)[O-])CC2CC(=O)N12. The Labute approximate surface area is 105 Å². The van der Waals surface area contributed by atoms with Crippen molar-refractivity contribution in [2.24, 2.45) is 0 Å². The van der Waals surface area contributed by atoms with Gasteiger partial charge in [-0.25, -0.2) is 4.79 Å². The third-order valence-corrected chi connectivity index (χ3v) is 4.37. The van der Waals surface area contributed by atoms with Gasteiger partial charge >= 0.3 is 5.97 Å². The lowest BCUT2D eigenvalue weighted by Gasteiger charge is -2.34. The predicted octanol–water partition coefficient (Wildman–Crippen LogP) is -0.687. The molecule has 0 radical (unpaired) electrons. The first-order valence-corrected chi connectivity index (χ1v) is 6.52. The zero-order chi connectivity index (χ0) is 13.4. The van der Waals surface area contributed by atoms with Gasteiger partial charge in [-0.2, -0.15) is 0 Å². The Morgan fingerprint density at radius 2 is 2.22 bits per heavy atom. The van der Waals surface area contributed by atoms with Crippen molar-refractivity contribution in [2.45, 2.75) is 18.9 Å². The van der Waals surface area contributed by atoms with E-state index < -0.39 is 28.6 Å². The van der Waals surface area contributed by atoms with E-state index in [9.17, 15) is 24.3 Å². The number of nitrogens with zero attached hydrogens (tertiary/aromatic N) is 2. The van der Waals surface area contributed by atoms with Crippen LogP contribution in [0, 0.1) is 10.1 Å². The van der Waals surface area contributed by atoms with Crippen molar-refractivity contribution in [3.63, 3.8) is 0 Å². The molecule has 98 valence electrons. The maximum Gasteiger partial charge on any atom is 0.357 e. The molecule has 9 heteroatoms. The number of carboxylic acids is 1. The number of nitro groups is 1. The van der Waals surface area contributed by atoms with Crippen LogP contribution in [0.4, 0.5) is 0 Å². The molecule has 0 aromatic rings. The molecular weight excluding hydrogens is 264 g/mol. The van der Waals surface area contributed by atoms with Crippen molar-refractivity contribution in [1.82, 2.24) is 4.90 Å². The van der Waals surface area contributed by atoms with Crippen LogP contribution in [-0.4, -0.2) is 49.7 Å². The summed E-state index contributed by atoms with van der Waals surface area (Å²) < 4.78 is 11.8. The van der Waals surface area contributed by atoms with Crippen molar-refractivity contribution in [2.75, 3.05) is 12.3 Å². The monoisotopic (exact) mass is 274 g/mol. The summed E-state index contributed by atoms with van der Waals surface area (Å²) in [6.07, 6.45) is 0.477. The number of carbonyl (C=O) groups excluding carboxylic acids is 1. The number of amides is 1. The number of aliphatic carboxylic acids is 1. The fourth-order valence-corrected chi connectivity index (χ4v) is 3.44. The van der Waals surface area contributed by atoms with E-state index in [1.54, 1.807) is 0 Å². The summed E-state index contributed by atoms with van der Waals surface area (Å²) in [5, 5.41) is 19.2. The summed E-state index contributed by atoms with van der Waals surface area (Å²) in [5.41, 5.74) is -0.252.